The fourth-order valence-corrected chi connectivity index (χ4v) is 6.43. The zero-order valence-corrected chi connectivity index (χ0v) is 28.0. The SMILES string of the molecule is O=C(CSc1cccc(NC(=O)/C(=C\c2cccc(Br)c2)NC(=O)c2ccccc2)c1)Nc1nc(-c2ccc(Cl)cc2Cl)cs1. The van der Waals surface area contributed by atoms with Gasteiger partial charge in [-0.15, -0.1) is 23.1 Å². The van der Waals surface area contributed by atoms with Crippen LogP contribution in [0.4, 0.5) is 10.8 Å². The predicted molar refractivity (Wildman–Crippen MR) is 188 cm³/mol. The van der Waals surface area contributed by atoms with E-state index in [2.05, 4.69) is 36.9 Å². The van der Waals surface area contributed by atoms with Crippen molar-refractivity contribution in [2.75, 3.05) is 16.4 Å². The molecule has 1 aromatic heterocycles. The average Bonchev–Trinajstić information content (AvgIpc) is 3.48. The molecule has 45 heavy (non-hydrogen) atoms. The quantitative estimate of drug-likeness (QED) is 0.0982. The molecule has 0 bridgehead atoms. The molecule has 7 nitrogen and oxygen atoms in total. The van der Waals surface area contributed by atoms with E-state index in [9.17, 15) is 14.4 Å². The van der Waals surface area contributed by atoms with Gasteiger partial charge in [0, 0.05) is 36.6 Å². The molecule has 0 aliphatic heterocycles. The van der Waals surface area contributed by atoms with Crippen molar-refractivity contribution in [2.24, 2.45) is 0 Å². The molecule has 0 fully saturated rings. The maximum absolute atomic E-state index is 13.4. The van der Waals surface area contributed by atoms with Gasteiger partial charge in [-0.2, -0.15) is 0 Å². The molecule has 0 saturated carbocycles. The summed E-state index contributed by atoms with van der Waals surface area (Å²) >= 11 is 18.3. The minimum Gasteiger partial charge on any atom is -0.321 e. The Labute approximate surface area is 286 Å². The lowest BCUT2D eigenvalue weighted by molar-refractivity contribution is -0.114. The van der Waals surface area contributed by atoms with Gasteiger partial charge < -0.3 is 16.0 Å². The van der Waals surface area contributed by atoms with Gasteiger partial charge in [0.05, 0.1) is 16.5 Å². The number of thiazole rings is 1. The topological polar surface area (TPSA) is 100 Å². The maximum Gasteiger partial charge on any atom is 0.272 e. The van der Waals surface area contributed by atoms with E-state index < -0.39 is 11.8 Å². The standard InChI is InChI=1S/C33H23BrCl2N4O3S2/c34-22-9-4-6-20(14-22)15-28(38-31(42)21-7-2-1-3-8-21)32(43)37-24-10-5-11-25(17-24)44-19-30(41)40-33-39-29(18-45-33)26-13-12-23(35)16-27(26)36/h1-18H,19H2,(H,37,43)(H,38,42)(H,39,40,41)/b28-15+. The van der Waals surface area contributed by atoms with Crippen LogP contribution in [0.25, 0.3) is 17.3 Å². The molecule has 0 aliphatic rings. The summed E-state index contributed by atoms with van der Waals surface area (Å²) in [6, 6.07) is 28.3. The van der Waals surface area contributed by atoms with Gasteiger partial charge in [-0.25, -0.2) is 4.98 Å². The monoisotopic (exact) mass is 736 g/mol. The van der Waals surface area contributed by atoms with Crippen LogP contribution in [0.15, 0.2) is 118 Å². The molecule has 226 valence electrons. The van der Waals surface area contributed by atoms with E-state index in [4.69, 9.17) is 23.2 Å². The van der Waals surface area contributed by atoms with Crippen LogP contribution in [0, 0.1) is 0 Å². The highest BCUT2D eigenvalue weighted by Crippen LogP contribution is 2.32. The first-order valence-corrected chi connectivity index (χ1v) is 16.7. The molecule has 4 aromatic carbocycles. The average molecular weight is 739 g/mol. The second kappa shape index (κ2) is 15.4. The number of aromatic nitrogens is 1. The lowest BCUT2D eigenvalue weighted by atomic mass is 10.1. The summed E-state index contributed by atoms with van der Waals surface area (Å²) < 4.78 is 0.834. The molecule has 5 rings (SSSR count). The van der Waals surface area contributed by atoms with E-state index in [0.29, 0.717) is 32.1 Å². The smallest absolute Gasteiger partial charge is 0.272 e. The molecule has 0 aliphatic carbocycles. The summed E-state index contributed by atoms with van der Waals surface area (Å²) in [6.45, 7) is 0. The van der Waals surface area contributed by atoms with E-state index in [1.165, 1.54) is 23.1 Å². The van der Waals surface area contributed by atoms with E-state index in [-0.39, 0.29) is 17.4 Å². The number of nitrogens with zero attached hydrogens (tertiary/aromatic N) is 1. The van der Waals surface area contributed by atoms with Crippen molar-refractivity contribution in [3.05, 3.63) is 134 Å². The molecule has 3 amide bonds. The van der Waals surface area contributed by atoms with Crippen molar-refractivity contribution >= 4 is 96.8 Å². The first kappa shape index (κ1) is 32.5. The van der Waals surface area contributed by atoms with Gasteiger partial charge in [-0.1, -0.05) is 75.5 Å². The van der Waals surface area contributed by atoms with Gasteiger partial charge in [0.1, 0.15) is 5.70 Å². The molecule has 0 unspecified atom stereocenters. The third-order valence-corrected chi connectivity index (χ3v) is 8.90. The Bertz CT molecular complexity index is 1900. The lowest BCUT2D eigenvalue weighted by Gasteiger charge is -2.12. The predicted octanol–water partition coefficient (Wildman–Crippen LogP) is 9.02. The number of thioether (sulfide) groups is 1. The number of amides is 3. The number of benzene rings is 4. The Morgan fingerprint density at radius 1 is 0.889 bits per heavy atom. The van der Waals surface area contributed by atoms with E-state index in [1.54, 1.807) is 66.7 Å². The highest BCUT2D eigenvalue weighted by atomic mass is 79.9. The number of hydrogen-bond donors (Lipinski definition) is 3. The Morgan fingerprint density at radius 3 is 2.47 bits per heavy atom. The largest absolute Gasteiger partial charge is 0.321 e. The number of carbonyl (C=O) groups excluding carboxylic acids is 3. The number of hydrogen-bond acceptors (Lipinski definition) is 6. The van der Waals surface area contributed by atoms with Gasteiger partial charge in [-0.05, 0) is 72.3 Å². The molecule has 0 spiro atoms. The number of anilines is 2. The summed E-state index contributed by atoms with van der Waals surface area (Å²) in [7, 11) is 0. The molecular weight excluding hydrogens is 715 g/mol. The number of nitrogens with one attached hydrogen (secondary N) is 3. The van der Waals surface area contributed by atoms with E-state index in [1.807, 2.05) is 41.8 Å². The summed E-state index contributed by atoms with van der Waals surface area (Å²) in [6.07, 6.45) is 1.61. The fourth-order valence-electron chi connectivity index (χ4n) is 4.02. The summed E-state index contributed by atoms with van der Waals surface area (Å²) in [5.41, 5.74) is 3.08. The van der Waals surface area contributed by atoms with Crippen molar-refractivity contribution in [3.63, 3.8) is 0 Å². The van der Waals surface area contributed by atoms with Crippen LogP contribution in [-0.2, 0) is 9.59 Å². The van der Waals surface area contributed by atoms with E-state index in [0.717, 1.165) is 20.5 Å². The normalized spacial score (nSPS) is 11.1. The molecule has 12 heteroatoms. The minimum atomic E-state index is -0.500. The zero-order valence-electron chi connectivity index (χ0n) is 23.2. The molecule has 1 heterocycles. The van der Waals surface area contributed by atoms with Gasteiger partial charge in [0.15, 0.2) is 5.13 Å². The Hall–Kier alpha value is -3.93. The van der Waals surface area contributed by atoms with Gasteiger partial charge >= 0.3 is 0 Å². The van der Waals surface area contributed by atoms with Crippen LogP contribution < -0.4 is 16.0 Å². The third-order valence-electron chi connectivity index (χ3n) is 6.11. The fraction of sp³-hybridized carbons (Fsp3) is 0.0303. The molecule has 0 atom stereocenters. The third kappa shape index (κ3) is 9.29. The van der Waals surface area contributed by atoms with Crippen LogP contribution in [0.5, 0.6) is 0 Å². The van der Waals surface area contributed by atoms with Crippen molar-refractivity contribution in [2.45, 2.75) is 4.90 Å². The van der Waals surface area contributed by atoms with Crippen LogP contribution in [0.3, 0.4) is 0 Å². The van der Waals surface area contributed by atoms with Gasteiger partial charge in [0.25, 0.3) is 11.8 Å². The van der Waals surface area contributed by atoms with Crippen molar-refractivity contribution in [1.82, 2.24) is 10.3 Å². The van der Waals surface area contributed by atoms with Crippen molar-refractivity contribution in [1.29, 1.82) is 0 Å². The van der Waals surface area contributed by atoms with E-state index >= 15 is 0 Å². The molecule has 0 saturated heterocycles. The van der Waals surface area contributed by atoms with Crippen LogP contribution >= 0.6 is 62.2 Å². The number of halogens is 3. The molecular formula is C33H23BrCl2N4O3S2. The first-order chi connectivity index (χ1) is 21.7. The number of rotatable bonds is 10. The highest BCUT2D eigenvalue weighted by molar-refractivity contribution is 9.10. The van der Waals surface area contributed by atoms with Gasteiger partial charge in [-0.3, -0.25) is 14.4 Å². The summed E-state index contributed by atoms with van der Waals surface area (Å²) in [5, 5.41) is 11.7. The summed E-state index contributed by atoms with van der Waals surface area (Å²) in [4.78, 5) is 44.2. The molecule has 5 aromatic rings. The zero-order chi connectivity index (χ0) is 31.8. The van der Waals surface area contributed by atoms with Crippen LogP contribution in [0.2, 0.25) is 10.0 Å². The Morgan fingerprint density at radius 2 is 1.69 bits per heavy atom. The molecule has 0 radical (unpaired) electrons. The van der Waals surface area contributed by atoms with Crippen LogP contribution in [-0.4, -0.2) is 28.5 Å². The highest BCUT2D eigenvalue weighted by Gasteiger charge is 2.16. The second-order valence-corrected chi connectivity index (χ2v) is 13.1. The van der Waals surface area contributed by atoms with Crippen molar-refractivity contribution in [3.8, 4) is 11.3 Å². The summed E-state index contributed by atoms with van der Waals surface area (Å²) in [5.74, 6) is -1.03. The van der Waals surface area contributed by atoms with Gasteiger partial charge in [0.2, 0.25) is 5.91 Å². The van der Waals surface area contributed by atoms with Crippen LogP contribution in [0.1, 0.15) is 15.9 Å². The molecule has 3 N–H and O–H groups in total. The number of carbonyl (C=O) groups is 3. The lowest BCUT2D eigenvalue weighted by Crippen LogP contribution is -2.30. The van der Waals surface area contributed by atoms with Crippen molar-refractivity contribution < 1.29 is 14.4 Å². The Balaban J connectivity index is 1.22. The minimum absolute atomic E-state index is 0.0714. The maximum atomic E-state index is 13.4. The second-order valence-electron chi connectivity index (χ2n) is 9.41. The first-order valence-electron chi connectivity index (χ1n) is 13.3. The Kier molecular flexibility index (Phi) is 11.1.